The normalized spacial score (nSPS) is 36.5. The number of methoxy groups -OCH3 is 1. The van der Waals surface area contributed by atoms with E-state index in [9.17, 15) is 9.59 Å². The standard InChI is InChI=1S/C14H22O8/c1-7(15)18-6-9-10-11(22-14(3,4)21-10)12(19-8(2)16)13(17-5)20-9/h9-13H,6H2,1-5H3/t9-,10+,11+,12-,13+/m1/s1. The molecule has 0 aromatic rings. The Morgan fingerprint density at radius 1 is 1.09 bits per heavy atom. The van der Waals surface area contributed by atoms with Gasteiger partial charge in [-0.1, -0.05) is 0 Å². The highest BCUT2D eigenvalue weighted by atomic mass is 16.8. The molecule has 2 heterocycles. The molecule has 2 rings (SSSR count). The molecule has 5 atom stereocenters. The van der Waals surface area contributed by atoms with Crippen molar-refractivity contribution in [2.24, 2.45) is 0 Å². The van der Waals surface area contributed by atoms with Gasteiger partial charge in [-0.15, -0.1) is 0 Å². The predicted molar refractivity (Wildman–Crippen MR) is 71.7 cm³/mol. The summed E-state index contributed by atoms with van der Waals surface area (Å²) in [5.41, 5.74) is 0. The van der Waals surface area contributed by atoms with E-state index < -0.39 is 48.4 Å². The third kappa shape index (κ3) is 3.75. The van der Waals surface area contributed by atoms with Crippen LogP contribution in [0.2, 0.25) is 0 Å². The maximum absolute atomic E-state index is 11.3. The minimum Gasteiger partial charge on any atom is -0.463 e. The number of carbonyl (C=O) groups is 2. The highest BCUT2D eigenvalue weighted by molar-refractivity contribution is 5.66. The van der Waals surface area contributed by atoms with E-state index in [1.54, 1.807) is 13.8 Å². The lowest BCUT2D eigenvalue weighted by Crippen LogP contribution is -2.59. The molecule has 0 saturated carbocycles. The lowest BCUT2D eigenvalue weighted by atomic mass is 9.99. The molecular formula is C14H22O8. The number of hydrogen-bond acceptors (Lipinski definition) is 8. The quantitative estimate of drug-likeness (QED) is 0.687. The minimum absolute atomic E-state index is 0.00257. The Bertz CT molecular complexity index is 435. The second-order valence-corrected chi connectivity index (χ2v) is 5.72. The Morgan fingerprint density at radius 3 is 2.27 bits per heavy atom. The van der Waals surface area contributed by atoms with E-state index in [4.69, 9.17) is 28.4 Å². The highest BCUT2D eigenvalue weighted by Crippen LogP contribution is 2.38. The first-order valence-electron chi connectivity index (χ1n) is 7.08. The van der Waals surface area contributed by atoms with Gasteiger partial charge in [0.15, 0.2) is 18.2 Å². The predicted octanol–water partition coefficient (Wildman–Crippen LogP) is 0.373. The minimum atomic E-state index is -0.867. The molecule has 0 N–H and O–H groups in total. The molecule has 2 aliphatic rings. The van der Waals surface area contributed by atoms with E-state index in [1.807, 2.05) is 0 Å². The van der Waals surface area contributed by atoms with Crippen molar-refractivity contribution in [2.75, 3.05) is 13.7 Å². The zero-order valence-corrected chi connectivity index (χ0v) is 13.4. The monoisotopic (exact) mass is 318 g/mol. The van der Waals surface area contributed by atoms with Gasteiger partial charge in [0.1, 0.15) is 24.9 Å². The molecule has 8 heteroatoms. The van der Waals surface area contributed by atoms with Gasteiger partial charge in [0, 0.05) is 21.0 Å². The summed E-state index contributed by atoms with van der Waals surface area (Å²) in [5, 5.41) is 0. The summed E-state index contributed by atoms with van der Waals surface area (Å²) in [5.74, 6) is -1.76. The Morgan fingerprint density at radius 2 is 1.73 bits per heavy atom. The summed E-state index contributed by atoms with van der Waals surface area (Å²) in [6.07, 6.45) is -3.28. The van der Waals surface area contributed by atoms with Crippen molar-refractivity contribution < 1.29 is 38.0 Å². The van der Waals surface area contributed by atoms with E-state index in [0.717, 1.165) is 0 Å². The Hall–Kier alpha value is -1.22. The molecule has 2 saturated heterocycles. The van der Waals surface area contributed by atoms with Crippen LogP contribution in [0.5, 0.6) is 0 Å². The molecule has 2 fully saturated rings. The number of esters is 2. The van der Waals surface area contributed by atoms with Crippen LogP contribution in [0.25, 0.3) is 0 Å². The van der Waals surface area contributed by atoms with Gasteiger partial charge in [-0.3, -0.25) is 9.59 Å². The van der Waals surface area contributed by atoms with Gasteiger partial charge in [-0.25, -0.2) is 0 Å². The second kappa shape index (κ2) is 6.49. The van der Waals surface area contributed by atoms with Crippen molar-refractivity contribution in [2.45, 2.75) is 64.2 Å². The van der Waals surface area contributed by atoms with E-state index >= 15 is 0 Å². The molecule has 22 heavy (non-hydrogen) atoms. The fraction of sp³-hybridized carbons (Fsp3) is 0.857. The molecule has 0 spiro atoms. The molecule has 0 radical (unpaired) electrons. The smallest absolute Gasteiger partial charge is 0.303 e. The summed E-state index contributed by atoms with van der Waals surface area (Å²) in [7, 11) is 1.44. The fourth-order valence-electron chi connectivity index (χ4n) is 2.68. The van der Waals surface area contributed by atoms with E-state index in [1.165, 1.54) is 21.0 Å². The van der Waals surface area contributed by atoms with Crippen LogP contribution in [0.15, 0.2) is 0 Å². The van der Waals surface area contributed by atoms with Crippen LogP contribution in [-0.2, 0) is 38.0 Å². The summed E-state index contributed by atoms with van der Waals surface area (Å²) in [4.78, 5) is 22.3. The Kier molecular flexibility index (Phi) is 5.06. The number of ether oxygens (including phenoxy) is 6. The first-order valence-corrected chi connectivity index (χ1v) is 7.08. The molecule has 8 nitrogen and oxygen atoms in total. The summed E-state index contributed by atoms with van der Waals surface area (Å²) in [6, 6.07) is 0. The van der Waals surface area contributed by atoms with Crippen molar-refractivity contribution in [3.05, 3.63) is 0 Å². The Labute approximate surface area is 128 Å². The number of fused-ring (bicyclic) bond motifs is 1. The third-order valence-electron chi connectivity index (χ3n) is 3.42. The van der Waals surface area contributed by atoms with Crippen LogP contribution in [0.1, 0.15) is 27.7 Å². The lowest BCUT2D eigenvalue weighted by Gasteiger charge is -2.40. The molecule has 0 aromatic heterocycles. The second-order valence-electron chi connectivity index (χ2n) is 5.72. The molecule has 0 amide bonds. The van der Waals surface area contributed by atoms with Gasteiger partial charge in [0.25, 0.3) is 0 Å². The van der Waals surface area contributed by atoms with Crippen LogP contribution in [0.3, 0.4) is 0 Å². The van der Waals surface area contributed by atoms with Crippen molar-refractivity contribution in [3.8, 4) is 0 Å². The first kappa shape index (κ1) is 17.1. The van der Waals surface area contributed by atoms with Gasteiger partial charge in [-0.2, -0.15) is 0 Å². The van der Waals surface area contributed by atoms with Crippen LogP contribution < -0.4 is 0 Å². The molecule has 0 aromatic carbocycles. The third-order valence-corrected chi connectivity index (χ3v) is 3.42. The van der Waals surface area contributed by atoms with E-state index in [2.05, 4.69) is 0 Å². The van der Waals surface area contributed by atoms with Crippen molar-refractivity contribution in [1.82, 2.24) is 0 Å². The zero-order chi connectivity index (χ0) is 16.5. The average molecular weight is 318 g/mol. The van der Waals surface area contributed by atoms with Crippen molar-refractivity contribution >= 4 is 11.9 Å². The fourth-order valence-corrected chi connectivity index (χ4v) is 2.68. The maximum atomic E-state index is 11.3. The zero-order valence-electron chi connectivity index (χ0n) is 13.4. The highest BCUT2D eigenvalue weighted by Gasteiger charge is 2.57. The number of rotatable bonds is 4. The molecular weight excluding hydrogens is 296 g/mol. The molecule has 0 unspecified atom stereocenters. The number of hydrogen-bond donors (Lipinski definition) is 0. The van der Waals surface area contributed by atoms with Gasteiger partial charge in [-0.05, 0) is 13.8 Å². The maximum Gasteiger partial charge on any atom is 0.303 e. The van der Waals surface area contributed by atoms with E-state index in [0.29, 0.717) is 0 Å². The molecule has 126 valence electrons. The van der Waals surface area contributed by atoms with Gasteiger partial charge in [0.05, 0.1) is 0 Å². The summed E-state index contributed by atoms with van der Waals surface area (Å²) < 4.78 is 32.9. The van der Waals surface area contributed by atoms with Gasteiger partial charge < -0.3 is 28.4 Å². The molecule has 0 aliphatic carbocycles. The van der Waals surface area contributed by atoms with Gasteiger partial charge >= 0.3 is 11.9 Å². The molecule has 0 bridgehead atoms. The van der Waals surface area contributed by atoms with Crippen molar-refractivity contribution in [1.29, 1.82) is 0 Å². The van der Waals surface area contributed by atoms with Crippen LogP contribution in [0, 0.1) is 0 Å². The average Bonchev–Trinajstić information content (AvgIpc) is 2.72. The number of carbonyl (C=O) groups excluding carboxylic acids is 2. The largest absolute Gasteiger partial charge is 0.463 e. The topological polar surface area (TPSA) is 89.5 Å². The SMILES string of the molecule is CO[C@H]1O[C@H](COC(C)=O)[C@@H]2OC(C)(C)O[C@@H]2[C@H]1OC(C)=O. The van der Waals surface area contributed by atoms with Crippen LogP contribution >= 0.6 is 0 Å². The van der Waals surface area contributed by atoms with Gasteiger partial charge in [0.2, 0.25) is 0 Å². The van der Waals surface area contributed by atoms with Crippen LogP contribution in [-0.4, -0.2) is 62.1 Å². The van der Waals surface area contributed by atoms with Crippen LogP contribution in [0.4, 0.5) is 0 Å². The summed E-state index contributed by atoms with van der Waals surface area (Å²) in [6.45, 7) is 6.11. The summed E-state index contributed by atoms with van der Waals surface area (Å²) >= 11 is 0. The first-order chi connectivity index (χ1) is 10.2. The van der Waals surface area contributed by atoms with E-state index in [-0.39, 0.29) is 6.61 Å². The van der Waals surface area contributed by atoms with Crippen molar-refractivity contribution in [3.63, 3.8) is 0 Å². The Balaban J connectivity index is 2.20. The molecule has 2 aliphatic heterocycles. The lowest BCUT2D eigenvalue weighted by molar-refractivity contribution is -0.279.